The van der Waals surface area contributed by atoms with E-state index in [1.165, 1.54) is 11.2 Å². The van der Waals surface area contributed by atoms with Crippen molar-refractivity contribution in [1.29, 1.82) is 0 Å². The third-order valence-corrected chi connectivity index (χ3v) is 4.28. The van der Waals surface area contributed by atoms with Gasteiger partial charge in [0.15, 0.2) is 5.60 Å². The van der Waals surface area contributed by atoms with Crippen molar-refractivity contribution in [3.63, 3.8) is 0 Å². The summed E-state index contributed by atoms with van der Waals surface area (Å²) in [4.78, 5) is 40.7. The molecule has 2 aromatic heterocycles. The minimum absolute atomic E-state index is 0.160. The first kappa shape index (κ1) is 17.9. The Morgan fingerprint density at radius 2 is 2.00 bits per heavy atom. The van der Waals surface area contributed by atoms with E-state index >= 15 is 0 Å². The fourth-order valence-corrected chi connectivity index (χ4v) is 2.98. The second kappa shape index (κ2) is 7.17. The van der Waals surface area contributed by atoms with E-state index in [0.29, 0.717) is 24.4 Å². The lowest BCUT2D eigenvalue weighted by atomic mass is 10.0. The highest BCUT2D eigenvalue weighted by Gasteiger charge is 2.41. The molecule has 2 aromatic rings. The molecule has 3 rings (SSSR count). The molecule has 0 N–H and O–H groups in total. The molecule has 0 spiro atoms. The molecule has 0 bridgehead atoms. The van der Waals surface area contributed by atoms with Crippen LogP contribution in [0.25, 0.3) is 11.3 Å². The number of amides is 2. The van der Waals surface area contributed by atoms with Gasteiger partial charge in [0.05, 0.1) is 18.8 Å². The van der Waals surface area contributed by atoms with E-state index in [-0.39, 0.29) is 18.4 Å². The van der Waals surface area contributed by atoms with Crippen molar-refractivity contribution < 1.29 is 14.3 Å². The molecule has 2 amide bonds. The van der Waals surface area contributed by atoms with Crippen LogP contribution in [0.5, 0.6) is 0 Å². The first-order chi connectivity index (χ1) is 12.4. The third kappa shape index (κ3) is 3.55. The number of aromatic nitrogens is 3. The number of rotatable bonds is 3. The summed E-state index contributed by atoms with van der Waals surface area (Å²) in [7, 11) is 3.35. The Morgan fingerprint density at radius 1 is 1.27 bits per heavy atom. The van der Waals surface area contributed by atoms with E-state index in [0.717, 1.165) is 5.56 Å². The summed E-state index contributed by atoms with van der Waals surface area (Å²) in [6.45, 7) is 2.66. The van der Waals surface area contributed by atoms with Gasteiger partial charge in [0.2, 0.25) is 0 Å². The Morgan fingerprint density at radius 3 is 2.69 bits per heavy atom. The van der Waals surface area contributed by atoms with Crippen LogP contribution in [0.1, 0.15) is 17.3 Å². The lowest BCUT2D eigenvalue weighted by Gasteiger charge is -2.40. The molecule has 0 aromatic carbocycles. The van der Waals surface area contributed by atoms with Gasteiger partial charge in [0.1, 0.15) is 6.33 Å². The number of morpholine rings is 1. The molecule has 1 atom stereocenters. The monoisotopic (exact) mass is 355 g/mol. The van der Waals surface area contributed by atoms with Crippen molar-refractivity contribution in [2.45, 2.75) is 12.5 Å². The summed E-state index contributed by atoms with van der Waals surface area (Å²) in [5, 5.41) is 0. The van der Waals surface area contributed by atoms with Crippen molar-refractivity contribution in [1.82, 2.24) is 24.8 Å². The quantitative estimate of drug-likeness (QED) is 0.811. The number of hydrogen-bond acceptors (Lipinski definition) is 6. The summed E-state index contributed by atoms with van der Waals surface area (Å²) >= 11 is 0. The van der Waals surface area contributed by atoms with Gasteiger partial charge in [-0.25, -0.2) is 9.97 Å². The van der Waals surface area contributed by atoms with E-state index in [2.05, 4.69) is 15.0 Å². The molecule has 0 unspecified atom stereocenters. The van der Waals surface area contributed by atoms with Crippen molar-refractivity contribution in [3.8, 4) is 11.3 Å². The number of carbonyl (C=O) groups excluding carboxylic acids is 2. The predicted molar refractivity (Wildman–Crippen MR) is 94.2 cm³/mol. The summed E-state index contributed by atoms with van der Waals surface area (Å²) in [6.07, 6.45) is 6.31. The van der Waals surface area contributed by atoms with Crippen molar-refractivity contribution in [2.75, 3.05) is 33.8 Å². The molecule has 8 nitrogen and oxygen atoms in total. The van der Waals surface area contributed by atoms with Crippen LogP contribution >= 0.6 is 0 Å². The Kier molecular flexibility index (Phi) is 4.94. The minimum atomic E-state index is -1.04. The van der Waals surface area contributed by atoms with Crippen LogP contribution in [-0.4, -0.2) is 76.0 Å². The van der Waals surface area contributed by atoms with E-state index in [9.17, 15) is 9.59 Å². The van der Waals surface area contributed by atoms with Crippen LogP contribution in [0.3, 0.4) is 0 Å². The molecule has 0 saturated carbocycles. The molecule has 1 aliphatic heterocycles. The van der Waals surface area contributed by atoms with E-state index in [4.69, 9.17) is 4.74 Å². The number of ether oxygens (including phenoxy) is 1. The molecule has 0 aliphatic carbocycles. The first-order valence-corrected chi connectivity index (χ1v) is 8.27. The van der Waals surface area contributed by atoms with Crippen LogP contribution in [0.15, 0.2) is 37.1 Å². The van der Waals surface area contributed by atoms with E-state index in [1.807, 2.05) is 0 Å². The van der Waals surface area contributed by atoms with Gasteiger partial charge >= 0.3 is 0 Å². The Balaban J connectivity index is 1.82. The maximum atomic E-state index is 12.9. The molecule has 1 aliphatic rings. The Bertz CT molecular complexity index is 811. The molecule has 1 saturated heterocycles. The summed E-state index contributed by atoms with van der Waals surface area (Å²) < 4.78 is 5.68. The molecule has 8 heteroatoms. The van der Waals surface area contributed by atoms with E-state index < -0.39 is 5.60 Å². The number of carbonyl (C=O) groups is 2. The molecule has 136 valence electrons. The number of pyridine rings is 1. The zero-order chi connectivity index (χ0) is 18.7. The average molecular weight is 355 g/mol. The van der Waals surface area contributed by atoms with Crippen LogP contribution in [0, 0.1) is 0 Å². The van der Waals surface area contributed by atoms with Gasteiger partial charge in [-0.15, -0.1) is 0 Å². The molecule has 26 heavy (non-hydrogen) atoms. The fraction of sp³-hybridized carbons (Fsp3) is 0.389. The van der Waals surface area contributed by atoms with Crippen LogP contribution < -0.4 is 0 Å². The minimum Gasteiger partial charge on any atom is -0.362 e. The lowest BCUT2D eigenvalue weighted by Crippen LogP contribution is -2.59. The zero-order valence-corrected chi connectivity index (χ0v) is 15.0. The largest absolute Gasteiger partial charge is 0.362 e. The highest BCUT2D eigenvalue weighted by Crippen LogP contribution is 2.22. The standard InChI is InChI=1S/C18H21N5O3/c1-18(17(25)22(2)3)11-23(6-7-26-18)16(24)13-4-5-21-15(8-13)14-9-19-12-20-10-14/h4-5,8-10,12H,6-7,11H2,1-3H3/t18-/m1/s1. The summed E-state index contributed by atoms with van der Waals surface area (Å²) in [6, 6.07) is 3.37. The van der Waals surface area contributed by atoms with Gasteiger partial charge in [-0.1, -0.05) is 0 Å². The smallest absolute Gasteiger partial charge is 0.255 e. The molecular formula is C18H21N5O3. The predicted octanol–water partition coefficient (Wildman–Crippen LogP) is 0.858. The number of nitrogens with zero attached hydrogens (tertiary/aromatic N) is 5. The van der Waals surface area contributed by atoms with Crippen LogP contribution in [-0.2, 0) is 9.53 Å². The van der Waals surface area contributed by atoms with Gasteiger partial charge < -0.3 is 14.5 Å². The lowest BCUT2D eigenvalue weighted by molar-refractivity contribution is -0.162. The number of likely N-dealkylation sites (N-methyl/N-ethyl adjacent to an activating group) is 1. The van der Waals surface area contributed by atoms with E-state index in [1.54, 1.807) is 56.6 Å². The fourth-order valence-electron chi connectivity index (χ4n) is 2.98. The maximum Gasteiger partial charge on any atom is 0.255 e. The molecule has 0 radical (unpaired) electrons. The topological polar surface area (TPSA) is 88.5 Å². The maximum absolute atomic E-state index is 12.9. The van der Waals surface area contributed by atoms with Crippen molar-refractivity contribution in [2.24, 2.45) is 0 Å². The third-order valence-electron chi connectivity index (χ3n) is 4.28. The molecular weight excluding hydrogens is 334 g/mol. The first-order valence-electron chi connectivity index (χ1n) is 8.27. The van der Waals surface area contributed by atoms with Gasteiger partial charge in [-0.05, 0) is 19.1 Å². The summed E-state index contributed by atoms with van der Waals surface area (Å²) in [5.74, 6) is -0.321. The van der Waals surface area contributed by atoms with Crippen LogP contribution in [0.4, 0.5) is 0 Å². The van der Waals surface area contributed by atoms with Crippen LogP contribution in [0.2, 0.25) is 0 Å². The Hall–Kier alpha value is -2.87. The SMILES string of the molecule is CN(C)C(=O)[C@@]1(C)CN(C(=O)c2ccnc(-c3cncnc3)c2)CCO1. The second-order valence-electron chi connectivity index (χ2n) is 6.56. The molecule has 3 heterocycles. The normalized spacial score (nSPS) is 19.9. The highest BCUT2D eigenvalue weighted by molar-refractivity contribution is 5.96. The summed E-state index contributed by atoms with van der Waals surface area (Å²) in [5.41, 5.74) is 0.814. The van der Waals surface area contributed by atoms with Gasteiger partial charge in [-0.3, -0.25) is 14.6 Å². The van der Waals surface area contributed by atoms with Gasteiger partial charge in [0, 0.05) is 50.4 Å². The average Bonchev–Trinajstić information content (AvgIpc) is 2.67. The Labute approximate surface area is 151 Å². The zero-order valence-electron chi connectivity index (χ0n) is 15.0. The number of hydrogen-bond donors (Lipinski definition) is 0. The van der Waals surface area contributed by atoms with Gasteiger partial charge in [0.25, 0.3) is 11.8 Å². The van der Waals surface area contributed by atoms with Crippen molar-refractivity contribution >= 4 is 11.8 Å². The van der Waals surface area contributed by atoms with Crippen molar-refractivity contribution in [3.05, 3.63) is 42.6 Å². The molecule has 1 fully saturated rings. The highest BCUT2D eigenvalue weighted by atomic mass is 16.5. The van der Waals surface area contributed by atoms with Gasteiger partial charge in [-0.2, -0.15) is 0 Å². The second-order valence-corrected chi connectivity index (χ2v) is 6.56.